The third-order valence-corrected chi connectivity index (χ3v) is 4.91. The standard InChI is InChI=1S/C23H28N8O3.C2H4O2/c1-33-13-14-10-16(12-18(11-14)34-2)20(28-17-7-5-15(6-8-17)21(26)27)22-29-23(32)31(30-22)19(25)4-3-9-24;1-2(3)4/h3-12,20,28H,13,24-25H2,1-2H3,(H3,26,27)(H,29,30,32);1H3,(H,3,4)/b9-3-,19-4+;. The summed E-state index contributed by atoms with van der Waals surface area (Å²) >= 11 is 0. The van der Waals surface area contributed by atoms with Gasteiger partial charge < -0.3 is 37.1 Å². The summed E-state index contributed by atoms with van der Waals surface area (Å²) < 4.78 is 11.8. The first-order valence-corrected chi connectivity index (χ1v) is 11.2. The molecule has 1 heterocycles. The lowest BCUT2D eigenvalue weighted by molar-refractivity contribution is -0.134. The minimum absolute atomic E-state index is 0.0306. The number of nitrogens with two attached hydrogens (primary N) is 3. The third kappa shape index (κ3) is 8.27. The molecule has 13 nitrogen and oxygen atoms in total. The van der Waals surface area contributed by atoms with E-state index in [0.717, 1.165) is 28.4 Å². The van der Waals surface area contributed by atoms with Crippen molar-refractivity contribution < 1.29 is 19.4 Å². The Morgan fingerprint density at radius 3 is 2.45 bits per heavy atom. The van der Waals surface area contributed by atoms with Crippen molar-refractivity contribution in [3.63, 3.8) is 0 Å². The molecule has 1 unspecified atom stereocenters. The fourth-order valence-electron chi connectivity index (χ4n) is 3.31. The molecule has 0 saturated heterocycles. The van der Waals surface area contributed by atoms with E-state index in [-0.39, 0.29) is 11.7 Å². The largest absolute Gasteiger partial charge is 0.497 e. The normalized spacial score (nSPS) is 11.9. The van der Waals surface area contributed by atoms with Gasteiger partial charge in [0.1, 0.15) is 23.4 Å². The van der Waals surface area contributed by atoms with Crippen LogP contribution in [0.1, 0.15) is 35.5 Å². The Balaban J connectivity index is 0.00000118. The molecule has 38 heavy (non-hydrogen) atoms. The van der Waals surface area contributed by atoms with Crippen molar-refractivity contribution in [3.8, 4) is 5.75 Å². The molecule has 13 heteroatoms. The van der Waals surface area contributed by atoms with Gasteiger partial charge in [-0.3, -0.25) is 15.2 Å². The number of nitrogens with one attached hydrogen (secondary N) is 3. The molecule has 10 N–H and O–H groups in total. The zero-order valence-corrected chi connectivity index (χ0v) is 21.3. The number of benzene rings is 2. The van der Waals surface area contributed by atoms with Gasteiger partial charge in [-0.2, -0.15) is 4.68 Å². The highest BCUT2D eigenvalue weighted by atomic mass is 16.5. The Bertz CT molecular complexity index is 1350. The van der Waals surface area contributed by atoms with Crippen LogP contribution in [0.15, 0.2) is 65.6 Å². The monoisotopic (exact) mass is 524 g/mol. The molecule has 0 fully saturated rings. The molecule has 3 rings (SSSR count). The fraction of sp³-hybridized carbons (Fsp3) is 0.200. The number of aromatic nitrogens is 3. The van der Waals surface area contributed by atoms with Gasteiger partial charge in [0.05, 0.1) is 13.7 Å². The number of carboxylic acids is 1. The highest BCUT2D eigenvalue weighted by molar-refractivity contribution is 5.95. The van der Waals surface area contributed by atoms with Gasteiger partial charge in [0.25, 0.3) is 5.97 Å². The van der Waals surface area contributed by atoms with Crippen LogP contribution in [0.2, 0.25) is 0 Å². The van der Waals surface area contributed by atoms with Gasteiger partial charge in [-0.05, 0) is 65.9 Å². The summed E-state index contributed by atoms with van der Waals surface area (Å²) in [5.74, 6) is 0.185. The molecule has 202 valence electrons. The number of carboxylic acid groups (broad SMARTS) is 1. The van der Waals surface area contributed by atoms with Gasteiger partial charge in [0.2, 0.25) is 0 Å². The Morgan fingerprint density at radius 1 is 1.24 bits per heavy atom. The number of hydrogen-bond donors (Lipinski definition) is 7. The van der Waals surface area contributed by atoms with Crippen LogP contribution in [0.5, 0.6) is 5.75 Å². The maximum Gasteiger partial charge on any atom is 0.349 e. The SMILES string of the molecule is CC(=O)O.COCc1cc(OC)cc(C(Nc2ccc(C(=N)N)cc2)c2nn(/C(N)=C/C=C\N)c(=O)[nH]2)c1. The van der Waals surface area contributed by atoms with E-state index in [1.165, 1.54) is 18.4 Å². The molecule has 0 amide bonds. The number of anilines is 1. The number of methoxy groups -OCH3 is 2. The third-order valence-electron chi connectivity index (χ3n) is 4.91. The first-order valence-electron chi connectivity index (χ1n) is 11.2. The van der Waals surface area contributed by atoms with Crippen molar-refractivity contribution in [2.75, 3.05) is 19.5 Å². The summed E-state index contributed by atoms with van der Waals surface area (Å²) in [5, 5.41) is 22.8. The van der Waals surface area contributed by atoms with Crippen LogP contribution in [0, 0.1) is 5.41 Å². The zero-order chi connectivity index (χ0) is 28.2. The summed E-state index contributed by atoms with van der Waals surface area (Å²) in [6.07, 6.45) is 4.27. The second-order valence-corrected chi connectivity index (χ2v) is 7.84. The molecule has 0 radical (unpaired) electrons. The smallest absolute Gasteiger partial charge is 0.349 e. The van der Waals surface area contributed by atoms with E-state index < -0.39 is 17.7 Å². The van der Waals surface area contributed by atoms with Gasteiger partial charge in [0, 0.05) is 25.3 Å². The summed E-state index contributed by atoms with van der Waals surface area (Å²) in [7, 11) is 3.18. The molecule has 3 aromatic rings. The average Bonchev–Trinajstić information content (AvgIpc) is 3.26. The lowest BCUT2D eigenvalue weighted by Gasteiger charge is -2.20. The zero-order valence-electron chi connectivity index (χ0n) is 21.3. The number of amidine groups is 1. The fourth-order valence-corrected chi connectivity index (χ4v) is 3.31. The van der Waals surface area contributed by atoms with E-state index >= 15 is 0 Å². The molecular weight excluding hydrogens is 492 g/mol. The van der Waals surface area contributed by atoms with Gasteiger partial charge in [-0.15, -0.1) is 5.10 Å². The lowest BCUT2D eigenvalue weighted by Crippen LogP contribution is -2.21. The molecule has 1 atom stereocenters. The van der Waals surface area contributed by atoms with E-state index in [4.69, 9.17) is 42.0 Å². The number of hydrogen-bond acceptors (Lipinski definition) is 9. The number of aliphatic carboxylic acids is 1. The Morgan fingerprint density at radius 2 is 1.89 bits per heavy atom. The average molecular weight is 525 g/mol. The predicted octanol–water partition coefficient (Wildman–Crippen LogP) is 1.53. The van der Waals surface area contributed by atoms with E-state index in [0.29, 0.717) is 23.7 Å². The quantitative estimate of drug-likeness (QED) is 0.115. The molecular formula is C25H32N8O5. The summed E-state index contributed by atoms with van der Waals surface area (Å²) in [6, 6.07) is 12.1. The van der Waals surface area contributed by atoms with Crippen LogP contribution in [0.3, 0.4) is 0 Å². The number of carbonyl (C=O) groups is 1. The first-order chi connectivity index (χ1) is 18.1. The number of aromatic amines is 1. The second kappa shape index (κ2) is 13.9. The van der Waals surface area contributed by atoms with Crippen LogP contribution in [-0.4, -0.2) is 45.9 Å². The Labute approximate surface area is 219 Å². The van der Waals surface area contributed by atoms with Crippen molar-refractivity contribution in [2.45, 2.75) is 19.6 Å². The number of H-pyrrole nitrogens is 1. The number of nitrogen functional groups attached to an aromatic ring is 1. The molecule has 0 aliphatic rings. The van der Waals surface area contributed by atoms with Crippen molar-refractivity contribution in [1.82, 2.24) is 14.8 Å². The van der Waals surface area contributed by atoms with Crippen LogP contribution in [-0.2, 0) is 16.1 Å². The maximum absolute atomic E-state index is 12.6. The van der Waals surface area contributed by atoms with Crippen molar-refractivity contribution in [1.29, 1.82) is 5.41 Å². The number of rotatable bonds is 10. The minimum Gasteiger partial charge on any atom is -0.497 e. The number of nitrogens with zero attached hydrogens (tertiary/aromatic N) is 2. The molecule has 0 aliphatic carbocycles. The topological polar surface area (TPSA) is 220 Å². The molecule has 1 aromatic heterocycles. The molecule has 0 aliphatic heterocycles. The van der Waals surface area contributed by atoms with Gasteiger partial charge in [-0.1, -0.05) is 6.07 Å². The highest BCUT2D eigenvalue weighted by Gasteiger charge is 2.22. The maximum atomic E-state index is 12.6. The van der Waals surface area contributed by atoms with Crippen LogP contribution >= 0.6 is 0 Å². The summed E-state index contributed by atoms with van der Waals surface area (Å²) in [4.78, 5) is 24.4. The lowest BCUT2D eigenvalue weighted by atomic mass is 10.0. The Hall–Kier alpha value is -5.04. The van der Waals surface area contributed by atoms with Crippen molar-refractivity contribution >= 4 is 23.3 Å². The van der Waals surface area contributed by atoms with Gasteiger partial charge in [0.15, 0.2) is 5.82 Å². The van der Waals surface area contributed by atoms with Crippen molar-refractivity contribution in [3.05, 3.63) is 93.8 Å². The minimum atomic E-state index is -0.833. The molecule has 2 aromatic carbocycles. The van der Waals surface area contributed by atoms with Gasteiger partial charge >= 0.3 is 5.69 Å². The van der Waals surface area contributed by atoms with Crippen LogP contribution in [0.4, 0.5) is 5.69 Å². The summed E-state index contributed by atoms with van der Waals surface area (Å²) in [5.41, 5.74) is 19.4. The second-order valence-electron chi connectivity index (χ2n) is 7.84. The number of ether oxygens (including phenoxy) is 2. The first kappa shape index (κ1) is 29.2. The molecule has 0 saturated carbocycles. The Kier molecular flexibility index (Phi) is 10.7. The van der Waals surface area contributed by atoms with E-state index in [1.54, 1.807) is 38.5 Å². The van der Waals surface area contributed by atoms with E-state index in [1.807, 2.05) is 18.2 Å². The predicted molar refractivity (Wildman–Crippen MR) is 145 cm³/mol. The van der Waals surface area contributed by atoms with E-state index in [9.17, 15) is 4.79 Å². The highest BCUT2D eigenvalue weighted by Crippen LogP contribution is 2.29. The van der Waals surface area contributed by atoms with E-state index in [2.05, 4.69) is 15.4 Å². The van der Waals surface area contributed by atoms with Crippen LogP contribution in [0.25, 0.3) is 5.82 Å². The van der Waals surface area contributed by atoms with Crippen molar-refractivity contribution in [2.24, 2.45) is 17.2 Å². The van der Waals surface area contributed by atoms with Crippen LogP contribution < -0.4 is 32.9 Å². The number of allylic oxidation sites excluding steroid dienone is 2. The van der Waals surface area contributed by atoms with Gasteiger partial charge in [-0.25, -0.2) is 4.79 Å². The molecule has 0 spiro atoms. The molecule has 0 bridgehead atoms. The summed E-state index contributed by atoms with van der Waals surface area (Å²) in [6.45, 7) is 1.45.